The number of nitrogens with zero attached hydrogens (tertiary/aromatic N) is 4. The van der Waals surface area contributed by atoms with Crippen LogP contribution in [0.3, 0.4) is 0 Å². The smallest absolute Gasteiger partial charge is 0.301 e. The van der Waals surface area contributed by atoms with E-state index in [0.29, 0.717) is 29.9 Å². The fourth-order valence-electron chi connectivity index (χ4n) is 4.14. The van der Waals surface area contributed by atoms with Crippen LogP contribution in [0.4, 0.5) is 10.1 Å². The Balaban J connectivity index is 1.66. The minimum atomic E-state index is -3.84. The second-order valence-electron chi connectivity index (χ2n) is 9.71. The van der Waals surface area contributed by atoms with Crippen molar-refractivity contribution in [2.24, 2.45) is 0 Å². The summed E-state index contributed by atoms with van der Waals surface area (Å²) in [7, 11) is -3.84. The van der Waals surface area contributed by atoms with Gasteiger partial charge >= 0.3 is 10.2 Å². The average molecular weight is 515 g/mol. The Labute approximate surface area is 207 Å². The van der Waals surface area contributed by atoms with E-state index in [1.165, 1.54) is 21.7 Å². The fraction of sp³-hybridized carbons (Fsp3) is 0.375. The third-order valence-electron chi connectivity index (χ3n) is 5.91. The van der Waals surface area contributed by atoms with Crippen molar-refractivity contribution in [3.05, 3.63) is 47.1 Å². The molecule has 0 spiro atoms. The number of hydrogen-bond donors (Lipinski definition) is 2. The molecule has 8 nitrogen and oxygen atoms in total. The summed E-state index contributed by atoms with van der Waals surface area (Å²) in [6, 6.07) is 6.55. The predicted octanol–water partition coefficient (Wildman–Crippen LogP) is 5.25. The van der Waals surface area contributed by atoms with E-state index in [2.05, 4.69) is 40.4 Å². The summed E-state index contributed by atoms with van der Waals surface area (Å²) >= 11 is 1.48. The minimum Gasteiger partial charge on any atom is -0.327 e. The summed E-state index contributed by atoms with van der Waals surface area (Å²) < 4.78 is 45.2. The molecule has 0 aliphatic carbocycles. The van der Waals surface area contributed by atoms with Gasteiger partial charge in [-0.1, -0.05) is 26.8 Å². The highest BCUT2D eigenvalue weighted by Crippen LogP contribution is 2.43. The number of H-pyrrole nitrogens is 1. The number of anilines is 1. The maximum atomic E-state index is 15.9. The molecule has 1 fully saturated rings. The second kappa shape index (κ2) is 8.65. The van der Waals surface area contributed by atoms with Crippen LogP contribution >= 0.6 is 11.3 Å². The van der Waals surface area contributed by atoms with E-state index in [1.807, 2.05) is 13.0 Å². The van der Waals surface area contributed by atoms with Gasteiger partial charge in [0.05, 0.1) is 21.3 Å². The number of nitrogens with one attached hydrogen (secondary N) is 2. The summed E-state index contributed by atoms with van der Waals surface area (Å²) in [5, 5.41) is 0.835. The van der Waals surface area contributed by atoms with Gasteiger partial charge in [-0.3, -0.25) is 4.72 Å². The number of imidazole rings is 1. The van der Waals surface area contributed by atoms with Crippen LogP contribution in [0.1, 0.15) is 44.4 Å². The highest BCUT2D eigenvalue weighted by Gasteiger charge is 2.29. The van der Waals surface area contributed by atoms with Crippen LogP contribution in [-0.4, -0.2) is 45.7 Å². The molecule has 0 bridgehead atoms. The maximum absolute atomic E-state index is 15.9. The number of thiazole rings is 1. The zero-order chi connectivity index (χ0) is 25.0. The SMILES string of the molecule is Cc1nc2c(-c3sc(C(C)(C)C)nc3-c3cccc(NS(=O)(=O)N4CCCC4)c3F)ccnc2[nH]1. The standard InChI is InChI=1S/C24H27FN6O2S2/c1-14-27-20-16(10-11-26-22(20)28-14)21-19(29-23(34-21)24(2,3)4)15-8-7-9-17(18(15)25)30-35(32,33)31-12-5-6-13-31/h7-11,30H,5-6,12-13H2,1-4H3,(H,26,27,28). The molecule has 5 rings (SSSR count). The number of hydrogen-bond acceptors (Lipinski definition) is 6. The van der Waals surface area contributed by atoms with Crippen LogP contribution in [-0.2, 0) is 15.6 Å². The van der Waals surface area contributed by atoms with Crippen LogP contribution in [0.5, 0.6) is 0 Å². The van der Waals surface area contributed by atoms with Crippen molar-refractivity contribution < 1.29 is 12.8 Å². The highest BCUT2D eigenvalue weighted by molar-refractivity contribution is 7.90. The van der Waals surface area contributed by atoms with E-state index in [-0.39, 0.29) is 16.7 Å². The molecule has 0 radical (unpaired) electrons. The first-order chi connectivity index (χ1) is 16.5. The lowest BCUT2D eigenvalue weighted by Crippen LogP contribution is -2.33. The Hall–Kier alpha value is -2.89. The van der Waals surface area contributed by atoms with Gasteiger partial charge in [0.25, 0.3) is 0 Å². The molecule has 1 aromatic carbocycles. The van der Waals surface area contributed by atoms with Gasteiger partial charge in [0.15, 0.2) is 11.5 Å². The molecule has 0 saturated carbocycles. The van der Waals surface area contributed by atoms with Gasteiger partial charge in [-0.05, 0) is 38.0 Å². The molecule has 1 aliphatic heterocycles. The molecule has 2 N–H and O–H groups in total. The van der Waals surface area contributed by atoms with Gasteiger partial charge in [-0.15, -0.1) is 11.3 Å². The quantitative estimate of drug-likeness (QED) is 0.379. The summed E-state index contributed by atoms with van der Waals surface area (Å²) in [6.07, 6.45) is 3.29. The molecular formula is C24H27FN6O2S2. The lowest BCUT2D eigenvalue weighted by atomic mass is 9.98. The molecule has 0 atom stereocenters. The summed E-state index contributed by atoms with van der Waals surface area (Å²) in [4.78, 5) is 17.7. The van der Waals surface area contributed by atoms with Gasteiger partial charge in [0.2, 0.25) is 0 Å². The zero-order valence-corrected chi connectivity index (χ0v) is 21.6. The Morgan fingerprint density at radius 2 is 1.86 bits per heavy atom. The van der Waals surface area contributed by atoms with Crippen molar-refractivity contribution in [2.45, 2.75) is 46.0 Å². The Morgan fingerprint density at radius 3 is 2.57 bits per heavy atom. The Bertz CT molecular complexity index is 1510. The van der Waals surface area contributed by atoms with Gasteiger partial charge < -0.3 is 4.98 Å². The number of aromatic nitrogens is 4. The van der Waals surface area contributed by atoms with E-state index in [0.717, 1.165) is 34.1 Å². The van der Waals surface area contributed by atoms with Crippen LogP contribution in [0.2, 0.25) is 0 Å². The van der Waals surface area contributed by atoms with E-state index in [1.54, 1.807) is 18.3 Å². The van der Waals surface area contributed by atoms with E-state index >= 15 is 4.39 Å². The van der Waals surface area contributed by atoms with Crippen LogP contribution < -0.4 is 4.72 Å². The van der Waals surface area contributed by atoms with Crippen LogP contribution in [0.15, 0.2) is 30.5 Å². The maximum Gasteiger partial charge on any atom is 0.301 e. The summed E-state index contributed by atoms with van der Waals surface area (Å²) in [5.41, 5.74) is 2.44. The first-order valence-corrected chi connectivity index (χ1v) is 13.7. The zero-order valence-electron chi connectivity index (χ0n) is 20.0. The molecule has 0 amide bonds. The third-order valence-corrected chi connectivity index (χ3v) is 8.95. The summed E-state index contributed by atoms with van der Waals surface area (Å²) in [5.74, 6) is 0.0670. The van der Waals surface area contributed by atoms with Crippen LogP contribution in [0.25, 0.3) is 32.9 Å². The van der Waals surface area contributed by atoms with E-state index in [4.69, 9.17) is 4.98 Å². The molecule has 4 aromatic rings. The van der Waals surface area contributed by atoms with Crippen molar-refractivity contribution in [1.29, 1.82) is 0 Å². The number of pyridine rings is 1. The normalized spacial score (nSPS) is 15.2. The van der Waals surface area contributed by atoms with Crippen molar-refractivity contribution in [3.8, 4) is 21.7 Å². The fourth-order valence-corrected chi connectivity index (χ4v) is 6.61. The Kier molecular flexibility index (Phi) is 5.89. The number of aryl methyl sites for hydroxylation is 1. The van der Waals surface area contributed by atoms with Gasteiger partial charge in [0, 0.05) is 35.8 Å². The highest BCUT2D eigenvalue weighted by atomic mass is 32.2. The largest absolute Gasteiger partial charge is 0.327 e. The first kappa shape index (κ1) is 23.8. The number of benzene rings is 1. The molecule has 35 heavy (non-hydrogen) atoms. The summed E-state index contributed by atoms with van der Waals surface area (Å²) in [6.45, 7) is 8.88. The van der Waals surface area contributed by atoms with E-state index in [9.17, 15) is 8.42 Å². The second-order valence-corrected chi connectivity index (χ2v) is 12.4. The molecule has 3 aromatic heterocycles. The molecule has 11 heteroatoms. The number of fused-ring (bicyclic) bond motifs is 1. The van der Waals surface area contributed by atoms with Gasteiger partial charge in [-0.2, -0.15) is 12.7 Å². The third kappa shape index (κ3) is 4.43. The monoisotopic (exact) mass is 514 g/mol. The number of halogens is 1. The van der Waals surface area contributed by atoms with Gasteiger partial charge in [-0.25, -0.2) is 19.3 Å². The average Bonchev–Trinajstić information content (AvgIpc) is 3.53. The topological polar surface area (TPSA) is 104 Å². The molecule has 4 heterocycles. The van der Waals surface area contributed by atoms with E-state index < -0.39 is 16.0 Å². The number of rotatable bonds is 5. The van der Waals surface area contributed by atoms with Crippen molar-refractivity contribution in [1.82, 2.24) is 24.2 Å². The lowest BCUT2D eigenvalue weighted by Gasteiger charge is -2.18. The van der Waals surface area contributed by atoms with Crippen molar-refractivity contribution >= 4 is 38.4 Å². The molecule has 1 saturated heterocycles. The molecular weight excluding hydrogens is 487 g/mol. The van der Waals surface area contributed by atoms with Crippen molar-refractivity contribution in [2.75, 3.05) is 17.8 Å². The van der Waals surface area contributed by atoms with Gasteiger partial charge in [0.1, 0.15) is 11.3 Å². The van der Waals surface area contributed by atoms with Crippen LogP contribution in [0, 0.1) is 12.7 Å². The predicted molar refractivity (Wildman–Crippen MR) is 137 cm³/mol. The Morgan fingerprint density at radius 1 is 1.11 bits per heavy atom. The minimum absolute atomic E-state index is 0.0962. The molecule has 184 valence electrons. The molecule has 0 unspecified atom stereocenters. The molecule has 1 aliphatic rings. The van der Waals surface area contributed by atoms with Crippen molar-refractivity contribution in [3.63, 3.8) is 0 Å². The first-order valence-electron chi connectivity index (χ1n) is 11.4. The number of aromatic amines is 1. The lowest BCUT2D eigenvalue weighted by molar-refractivity contribution is 0.482.